The second-order valence-electron chi connectivity index (χ2n) is 5.10. The molecule has 0 aromatic rings. The maximum absolute atomic E-state index is 13.0. The number of hydrogen-bond donors (Lipinski definition) is 1. The van der Waals surface area contributed by atoms with Gasteiger partial charge in [0.1, 0.15) is 12.4 Å². The first-order valence-corrected chi connectivity index (χ1v) is 6.75. The second kappa shape index (κ2) is 7.29. The molecule has 0 heterocycles. The van der Waals surface area contributed by atoms with Gasteiger partial charge in [0.25, 0.3) is 0 Å². The summed E-state index contributed by atoms with van der Waals surface area (Å²) in [4.78, 5) is 1.90. The van der Waals surface area contributed by atoms with E-state index in [-0.39, 0.29) is 12.1 Å². The van der Waals surface area contributed by atoms with E-state index >= 15 is 0 Å². The van der Waals surface area contributed by atoms with Crippen LogP contribution < -0.4 is 0 Å². The summed E-state index contributed by atoms with van der Waals surface area (Å²) in [5, 5.41) is 10.0. The third-order valence-electron chi connectivity index (χ3n) is 3.03. The van der Waals surface area contributed by atoms with Crippen LogP contribution in [0.15, 0.2) is 0 Å². The van der Waals surface area contributed by atoms with Gasteiger partial charge in [-0.05, 0) is 39.5 Å². The van der Waals surface area contributed by atoms with Crippen LogP contribution in [-0.2, 0) is 4.74 Å². The predicted octanol–water partition coefficient (Wildman–Crippen LogP) is 2.33. The van der Waals surface area contributed by atoms with Crippen LogP contribution in [0.25, 0.3) is 0 Å². The van der Waals surface area contributed by atoms with E-state index in [1.807, 2.05) is 18.7 Å². The molecule has 0 aliphatic heterocycles. The summed E-state index contributed by atoms with van der Waals surface area (Å²) < 4.78 is 18.5. The van der Waals surface area contributed by atoms with Gasteiger partial charge < -0.3 is 9.84 Å². The van der Waals surface area contributed by atoms with Crippen LogP contribution in [0.5, 0.6) is 0 Å². The topological polar surface area (TPSA) is 32.7 Å². The molecule has 0 saturated heterocycles. The van der Waals surface area contributed by atoms with E-state index in [0.717, 1.165) is 19.4 Å². The molecule has 17 heavy (non-hydrogen) atoms. The molecule has 0 aromatic carbocycles. The Kier molecular flexibility index (Phi) is 6.38. The minimum atomic E-state index is -0.733. The second-order valence-corrected chi connectivity index (χ2v) is 5.10. The van der Waals surface area contributed by atoms with Gasteiger partial charge in [0.05, 0.1) is 6.10 Å². The lowest BCUT2D eigenvalue weighted by Gasteiger charge is -2.27. The lowest BCUT2D eigenvalue weighted by Crippen LogP contribution is -2.38. The Bertz CT molecular complexity index is 214. The van der Waals surface area contributed by atoms with Crippen molar-refractivity contribution >= 4 is 0 Å². The number of nitrogens with zero attached hydrogens (tertiary/aromatic N) is 1. The standard InChI is InChI=1S/C13H26FNO2/c1-4-7-15(12-9-11(12)14)13(16)6-5-8-17-10(2)3/h10-13,16H,4-9H2,1-3H3. The summed E-state index contributed by atoms with van der Waals surface area (Å²) in [6.07, 6.45) is 2.00. The van der Waals surface area contributed by atoms with Crippen molar-refractivity contribution in [3.63, 3.8) is 0 Å². The van der Waals surface area contributed by atoms with E-state index in [1.165, 1.54) is 0 Å². The maximum Gasteiger partial charge on any atom is 0.117 e. The molecule has 1 saturated carbocycles. The normalized spacial score (nSPS) is 25.6. The molecule has 3 nitrogen and oxygen atoms in total. The molecule has 0 radical (unpaired) electrons. The fourth-order valence-corrected chi connectivity index (χ4v) is 2.04. The van der Waals surface area contributed by atoms with Crippen molar-refractivity contribution in [1.82, 2.24) is 4.90 Å². The number of ether oxygens (including phenoxy) is 1. The molecular formula is C13H26FNO2. The highest BCUT2D eigenvalue weighted by molar-refractivity contribution is 4.96. The van der Waals surface area contributed by atoms with Crippen molar-refractivity contribution in [1.29, 1.82) is 0 Å². The molecule has 0 spiro atoms. The van der Waals surface area contributed by atoms with Crippen molar-refractivity contribution in [3.05, 3.63) is 0 Å². The zero-order valence-electron chi connectivity index (χ0n) is 11.2. The number of alkyl halides is 1. The molecule has 0 aromatic heterocycles. The molecule has 3 unspecified atom stereocenters. The summed E-state index contributed by atoms with van der Waals surface area (Å²) in [7, 11) is 0. The Labute approximate surface area is 104 Å². The van der Waals surface area contributed by atoms with Gasteiger partial charge in [0.2, 0.25) is 0 Å². The van der Waals surface area contributed by atoms with Gasteiger partial charge in [0.15, 0.2) is 0 Å². The first-order valence-electron chi connectivity index (χ1n) is 6.75. The molecule has 0 bridgehead atoms. The quantitative estimate of drug-likeness (QED) is 0.501. The van der Waals surface area contributed by atoms with Crippen LogP contribution in [0.2, 0.25) is 0 Å². The summed E-state index contributed by atoms with van der Waals surface area (Å²) in [6.45, 7) is 7.49. The fourth-order valence-electron chi connectivity index (χ4n) is 2.04. The van der Waals surface area contributed by atoms with Crippen LogP contribution in [0.3, 0.4) is 0 Å². The fraction of sp³-hybridized carbons (Fsp3) is 1.00. The van der Waals surface area contributed by atoms with Gasteiger partial charge >= 0.3 is 0 Å². The van der Waals surface area contributed by atoms with Gasteiger partial charge in [-0.3, -0.25) is 4.90 Å². The third kappa shape index (κ3) is 5.32. The largest absolute Gasteiger partial charge is 0.379 e. The number of hydrogen-bond acceptors (Lipinski definition) is 3. The van der Waals surface area contributed by atoms with Crippen molar-refractivity contribution < 1.29 is 14.2 Å². The molecule has 1 rings (SSSR count). The molecule has 1 N–H and O–H groups in total. The summed E-state index contributed by atoms with van der Waals surface area (Å²) in [5.74, 6) is 0. The molecule has 3 atom stereocenters. The lowest BCUT2D eigenvalue weighted by atomic mass is 10.2. The Morgan fingerprint density at radius 1 is 1.47 bits per heavy atom. The molecule has 1 fully saturated rings. The Hall–Kier alpha value is -0.190. The van der Waals surface area contributed by atoms with E-state index in [9.17, 15) is 9.50 Å². The van der Waals surface area contributed by atoms with Crippen LogP contribution in [0.1, 0.15) is 46.5 Å². The molecule has 102 valence electrons. The van der Waals surface area contributed by atoms with Gasteiger partial charge in [-0.2, -0.15) is 0 Å². The minimum absolute atomic E-state index is 0.0454. The van der Waals surface area contributed by atoms with Gasteiger partial charge in [-0.1, -0.05) is 6.92 Å². The molecular weight excluding hydrogens is 221 g/mol. The van der Waals surface area contributed by atoms with Crippen LogP contribution in [0.4, 0.5) is 4.39 Å². The van der Waals surface area contributed by atoms with E-state index in [2.05, 4.69) is 6.92 Å². The highest BCUT2D eigenvalue weighted by atomic mass is 19.1. The highest BCUT2D eigenvalue weighted by Gasteiger charge is 2.43. The van der Waals surface area contributed by atoms with Crippen LogP contribution >= 0.6 is 0 Å². The average molecular weight is 247 g/mol. The molecule has 0 amide bonds. The van der Waals surface area contributed by atoms with Gasteiger partial charge in [-0.15, -0.1) is 0 Å². The number of aliphatic hydroxyl groups is 1. The van der Waals surface area contributed by atoms with E-state index in [1.54, 1.807) is 0 Å². The zero-order chi connectivity index (χ0) is 12.8. The first-order chi connectivity index (χ1) is 8.06. The van der Waals surface area contributed by atoms with E-state index < -0.39 is 12.4 Å². The Morgan fingerprint density at radius 2 is 2.12 bits per heavy atom. The van der Waals surface area contributed by atoms with Crippen LogP contribution in [-0.4, -0.2) is 47.7 Å². The Morgan fingerprint density at radius 3 is 2.59 bits per heavy atom. The average Bonchev–Trinajstić information content (AvgIpc) is 2.97. The molecule has 1 aliphatic carbocycles. The number of halogens is 1. The first kappa shape index (κ1) is 14.9. The van der Waals surface area contributed by atoms with Crippen LogP contribution in [0, 0.1) is 0 Å². The predicted molar refractivity (Wildman–Crippen MR) is 66.6 cm³/mol. The van der Waals surface area contributed by atoms with E-state index in [4.69, 9.17) is 4.74 Å². The third-order valence-corrected chi connectivity index (χ3v) is 3.03. The molecule has 1 aliphatic rings. The lowest BCUT2D eigenvalue weighted by molar-refractivity contribution is -0.0217. The monoisotopic (exact) mass is 247 g/mol. The van der Waals surface area contributed by atoms with Crippen molar-refractivity contribution in [2.24, 2.45) is 0 Å². The zero-order valence-corrected chi connectivity index (χ0v) is 11.2. The summed E-state index contributed by atoms with van der Waals surface area (Å²) >= 11 is 0. The minimum Gasteiger partial charge on any atom is -0.379 e. The Balaban J connectivity index is 2.20. The van der Waals surface area contributed by atoms with Crippen molar-refractivity contribution in [2.75, 3.05) is 13.2 Å². The van der Waals surface area contributed by atoms with Crippen molar-refractivity contribution in [2.45, 2.75) is 71.0 Å². The highest BCUT2D eigenvalue weighted by Crippen LogP contribution is 2.33. The molecule has 4 heteroatoms. The smallest absolute Gasteiger partial charge is 0.117 e. The summed E-state index contributed by atoms with van der Waals surface area (Å²) in [6, 6.07) is -0.0454. The number of rotatable bonds is 9. The number of aliphatic hydroxyl groups excluding tert-OH is 1. The summed E-state index contributed by atoms with van der Waals surface area (Å²) in [5.41, 5.74) is 0. The van der Waals surface area contributed by atoms with Gasteiger partial charge in [0, 0.05) is 19.2 Å². The maximum atomic E-state index is 13.0. The van der Waals surface area contributed by atoms with Crippen molar-refractivity contribution in [3.8, 4) is 0 Å². The SMILES string of the molecule is CCCN(C(O)CCCOC(C)C)C1CC1F. The van der Waals surface area contributed by atoms with Gasteiger partial charge in [-0.25, -0.2) is 4.39 Å². The van der Waals surface area contributed by atoms with E-state index in [0.29, 0.717) is 19.4 Å².